The number of furan rings is 1. The Hall–Kier alpha value is -2.88. The molecule has 3 nitrogen and oxygen atoms in total. The van der Waals surface area contributed by atoms with Crippen molar-refractivity contribution in [2.24, 2.45) is 0 Å². The lowest BCUT2D eigenvalue weighted by Gasteiger charge is -2.28. The average Bonchev–Trinajstić information content (AvgIpc) is 3.11. The number of rotatable bonds is 2. The fraction of sp³-hybridized carbons (Fsp3) is 0.150. The maximum absolute atomic E-state index is 13.3. The van der Waals surface area contributed by atoms with Crippen LogP contribution in [0.25, 0.3) is 11.3 Å². The van der Waals surface area contributed by atoms with Gasteiger partial charge in [-0.1, -0.05) is 36.4 Å². The average molecular weight is 321 g/mol. The van der Waals surface area contributed by atoms with Crippen LogP contribution in [-0.4, -0.2) is 17.4 Å². The van der Waals surface area contributed by atoms with E-state index < -0.39 is 0 Å². The molecule has 0 spiro atoms. The molecule has 1 aliphatic rings. The molecule has 0 aliphatic carbocycles. The summed E-state index contributed by atoms with van der Waals surface area (Å²) in [6.07, 6.45) is 0.847. The van der Waals surface area contributed by atoms with Crippen molar-refractivity contribution in [3.63, 3.8) is 0 Å². The monoisotopic (exact) mass is 321 g/mol. The molecule has 1 aliphatic heterocycles. The molecule has 0 saturated heterocycles. The van der Waals surface area contributed by atoms with Crippen molar-refractivity contribution < 1.29 is 13.6 Å². The van der Waals surface area contributed by atoms with Crippen LogP contribution in [0.15, 0.2) is 65.1 Å². The summed E-state index contributed by atoms with van der Waals surface area (Å²) < 4.78 is 19.0. The van der Waals surface area contributed by atoms with Gasteiger partial charge >= 0.3 is 0 Å². The largest absolute Gasteiger partial charge is 0.451 e. The molecule has 4 rings (SSSR count). The molecular weight excluding hydrogens is 305 g/mol. The van der Waals surface area contributed by atoms with Crippen LogP contribution in [0.4, 0.5) is 4.39 Å². The van der Waals surface area contributed by atoms with E-state index in [1.165, 1.54) is 23.3 Å². The van der Waals surface area contributed by atoms with E-state index in [2.05, 4.69) is 12.1 Å². The van der Waals surface area contributed by atoms with Crippen LogP contribution in [-0.2, 0) is 13.0 Å². The first-order chi connectivity index (χ1) is 11.7. The lowest BCUT2D eigenvalue weighted by Crippen LogP contribution is -2.35. The summed E-state index contributed by atoms with van der Waals surface area (Å²) in [5.74, 6) is 0.320. The van der Waals surface area contributed by atoms with Crippen LogP contribution in [0, 0.1) is 5.82 Å². The van der Waals surface area contributed by atoms with Gasteiger partial charge in [0.15, 0.2) is 5.76 Å². The number of amides is 1. The second-order valence-electron chi connectivity index (χ2n) is 5.92. The van der Waals surface area contributed by atoms with Crippen molar-refractivity contribution in [3.05, 3.63) is 83.4 Å². The first-order valence-corrected chi connectivity index (χ1v) is 7.92. The minimum absolute atomic E-state index is 0.132. The number of benzene rings is 2. The van der Waals surface area contributed by atoms with Crippen LogP contribution in [0.2, 0.25) is 0 Å². The topological polar surface area (TPSA) is 33.5 Å². The zero-order valence-corrected chi connectivity index (χ0v) is 13.0. The van der Waals surface area contributed by atoms with Crippen LogP contribution >= 0.6 is 0 Å². The van der Waals surface area contributed by atoms with Gasteiger partial charge in [0.25, 0.3) is 5.91 Å². The van der Waals surface area contributed by atoms with E-state index in [1.54, 1.807) is 29.2 Å². The number of fused-ring (bicyclic) bond motifs is 1. The summed E-state index contributed by atoms with van der Waals surface area (Å²) in [5, 5.41) is 0. The Morgan fingerprint density at radius 3 is 2.67 bits per heavy atom. The summed E-state index contributed by atoms with van der Waals surface area (Å²) in [6.45, 7) is 1.26. The molecule has 2 aromatic carbocycles. The fourth-order valence-electron chi connectivity index (χ4n) is 3.07. The van der Waals surface area contributed by atoms with Crippen molar-refractivity contribution in [1.82, 2.24) is 4.90 Å². The van der Waals surface area contributed by atoms with Crippen molar-refractivity contribution in [1.29, 1.82) is 0 Å². The van der Waals surface area contributed by atoms with Gasteiger partial charge in [-0.25, -0.2) is 4.39 Å². The lowest BCUT2D eigenvalue weighted by atomic mass is 10.00. The molecule has 0 unspecified atom stereocenters. The second-order valence-corrected chi connectivity index (χ2v) is 5.92. The Balaban J connectivity index is 1.56. The number of hydrogen-bond acceptors (Lipinski definition) is 2. The molecule has 0 atom stereocenters. The highest BCUT2D eigenvalue weighted by Gasteiger charge is 2.24. The summed E-state index contributed by atoms with van der Waals surface area (Å²) >= 11 is 0. The van der Waals surface area contributed by atoms with Crippen LogP contribution in [0.3, 0.4) is 0 Å². The van der Waals surface area contributed by atoms with Gasteiger partial charge < -0.3 is 9.32 Å². The molecule has 24 heavy (non-hydrogen) atoms. The quantitative estimate of drug-likeness (QED) is 0.706. The number of nitrogens with zero attached hydrogens (tertiary/aromatic N) is 1. The van der Waals surface area contributed by atoms with Gasteiger partial charge in [0.1, 0.15) is 11.6 Å². The van der Waals surface area contributed by atoms with E-state index in [4.69, 9.17) is 4.42 Å². The minimum Gasteiger partial charge on any atom is -0.451 e. The Morgan fingerprint density at radius 1 is 1.00 bits per heavy atom. The normalized spacial score (nSPS) is 13.6. The molecular formula is C20H16FNO2. The van der Waals surface area contributed by atoms with Crippen LogP contribution < -0.4 is 0 Å². The number of halogens is 1. The minimum atomic E-state index is -0.329. The van der Waals surface area contributed by atoms with E-state index in [0.717, 1.165) is 6.42 Å². The highest BCUT2D eigenvalue weighted by Crippen LogP contribution is 2.25. The second kappa shape index (κ2) is 5.96. The Bertz CT molecular complexity index is 900. The smallest absolute Gasteiger partial charge is 0.289 e. The first-order valence-electron chi connectivity index (χ1n) is 7.92. The summed E-state index contributed by atoms with van der Waals surface area (Å²) in [4.78, 5) is 14.5. The third kappa shape index (κ3) is 2.71. The first kappa shape index (κ1) is 14.7. The fourth-order valence-corrected chi connectivity index (χ4v) is 3.07. The molecule has 0 radical (unpaired) electrons. The van der Waals surface area contributed by atoms with Gasteiger partial charge in [-0.05, 0) is 41.8 Å². The summed E-state index contributed by atoms with van der Waals surface area (Å²) in [7, 11) is 0. The molecule has 0 bridgehead atoms. The van der Waals surface area contributed by atoms with Gasteiger partial charge in [-0.3, -0.25) is 4.79 Å². The molecule has 120 valence electrons. The van der Waals surface area contributed by atoms with E-state index in [9.17, 15) is 9.18 Å². The molecule has 0 N–H and O–H groups in total. The van der Waals surface area contributed by atoms with Crippen LogP contribution in [0.1, 0.15) is 21.7 Å². The Labute approximate surface area is 139 Å². The van der Waals surface area contributed by atoms with Gasteiger partial charge in [-0.2, -0.15) is 0 Å². The zero-order chi connectivity index (χ0) is 16.5. The molecule has 2 heterocycles. The zero-order valence-electron chi connectivity index (χ0n) is 13.0. The number of carbonyl (C=O) groups is 1. The standard InChI is InChI=1S/C20H16FNO2/c21-17-7-3-6-15(12-17)18-8-9-19(24-18)20(23)22-11-10-14-4-1-2-5-16(14)13-22/h1-9,12H,10-11,13H2. The molecule has 1 amide bonds. The van der Waals surface area contributed by atoms with E-state index in [1.807, 2.05) is 12.1 Å². The van der Waals surface area contributed by atoms with E-state index >= 15 is 0 Å². The molecule has 4 heteroatoms. The predicted octanol–water partition coefficient (Wildman–Crippen LogP) is 4.28. The van der Waals surface area contributed by atoms with Crippen molar-refractivity contribution in [2.45, 2.75) is 13.0 Å². The number of hydrogen-bond donors (Lipinski definition) is 0. The highest BCUT2D eigenvalue weighted by molar-refractivity contribution is 5.92. The van der Waals surface area contributed by atoms with Crippen molar-refractivity contribution in [2.75, 3.05) is 6.54 Å². The van der Waals surface area contributed by atoms with E-state index in [0.29, 0.717) is 24.4 Å². The summed E-state index contributed by atoms with van der Waals surface area (Å²) in [5.41, 5.74) is 3.09. The summed E-state index contributed by atoms with van der Waals surface area (Å²) in [6, 6.07) is 17.7. The van der Waals surface area contributed by atoms with Gasteiger partial charge in [0.05, 0.1) is 0 Å². The third-order valence-electron chi connectivity index (χ3n) is 4.34. The molecule has 1 aromatic heterocycles. The molecule has 0 fully saturated rings. The van der Waals surface area contributed by atoms with E-state index in [-0.39, 0.29) is 17.5 Å². The Morgan fingerprint density at radius 2 is 1.83 bits per heavy atom. The van der Waals surface area contributed by atoms with Crippen molar-refractivity contribution in [3.8, 4) is 11.3 Å². The van der Waals surface area contributed by atoms with Crippen LogP contribution in [0.5, 0.6) is 0 Å². The van der Waals surface area contributed by atoms with Gasteiger partial charge in [0, 0.05) is 18.7 Å². The van der Waals surface area contributed by atoms with Gasteiger partial charge in [0.2, 0.25) is 0 Å². The van der Waals surface area contributed by atoms with Crippen molar-refractivity contribution >= 4 is 5.91 Å². The third-order valence-corrected chi connectivity index (χ3v) is 4.34. The molecule has 0 saturated carbocycles. The SMILES string of the molecule is O=C(c1ccc(-c2cccc(F)c2)o1)N1CCc2ccccc2C1. The maximum atomic E-state index is 13.3. The van der Waals surface area contributed by atoms with Gasteiger partial charge in [-0.15, -0.1) is 0 Å². The predicted molar refractivity (Wildman–Crippen MR) is 89.0 cm³/mol. The Kier molecular flexibility index (Phi) is 3.65. The number of carbonyl (C=O) groups excluding carboxylic acids is 1. The molecule has 3 aromatic rings. The maximum Gasteiger partial charge on any atom is 0.289 e. The lowest BCUT2D eigenvalue weighted by molar-refractivity contribution is 0.0703. The highest BCUT2D eigenvalue weighted by atomic mass is 19.1.